The molecule has 0 radical (unpaired) electrons. The Kier molecular flexibility index (Phi) is 2.38. The molecule has 0 bridgehead atoms. The van der Waals surface area contributed by atoms with E-state index in [1.165, 1.54) is 0 Å². The van der Waals surface area contributed by atoms with Crippen molar-refractivity contribution in [2.24, 2.45) is 0 Å². The van der Waals surface area contributed by atoms with Gasteiger partial charge in [-0.25, -0.2) is 9.97 Å². The van der Waals surface area contributed by atoms with Gasteiger partial charge in [0.15, 0.2) is 6.29 Å². The number of nitrogen functional groups attached to an aromatic ring is 1. The number of halogens is 1. The Balaban J connectivity index is 3.17. The highest BCUT2D eigenvalue weighted by Crippen LogP contribution is 2.23. The first-order chi connectivity index (χ1) is 5.13. The lowest BCUT2D eigenvalue weighted by Crippen LogP contribution is -2.03. The van der Waals surface area contributed by atoms with Crippen molar-refractivity contribution in [2.45, 2.75) is 6.29 Å². The fraction of sp³-hybridized carbons (Fsp3) is 0.200. The minimum atomic E-state index is -1.63. The number of aromatic nitrogens is 2. The molecule has 6 heteroatoms. The number of aliphatic hydroxyl groups excluding tert-OH is 1. The molecule has 0 saturated heterocycles. The summed E-state index contributed by atoms with van der Waals surface area (Å²) in [7, 11) is 0. The van der Waals surface area contributed by atoms with E-state index in [2.05, 4.69) is 25.9 Å². The third-order valence-corrected chi connectivity index (χ3v) is 1.90. The molecule has 0 saturated carbocycles. The van der Waals surface area contributed by atoms with Crippen LogP contribution < -0.4 is 5.73 Å². The number of anilines is 1. The Labute approximate surface area is 71.0 Å². The molecule has 0 aromatic carbocycles. The minimum absolute atomic E-state index is 0.0671. The summed E-state index contributed by atoms with van der Waals surface area (Å²) in [6, 6.07) is 0. The van der Waals surface area contributed by atoms with Gasteiger partial charge in [-0.15, -0.1) is 0 Å². The summed E-state index contributed by atoms with van der Waals surface area (Å²) in [5.41, 5.74) is 5.41. The van der Waals surface area contributed by atoms with Crippen LogP contribution in [-0.2, 0) is 0 Å². The molecule has 1 aromatic heterocycles. The van der Waals surface area contributed by atoms with Crippen LogP contribution in [0.5, 0.6) is 0 Å². The van der Waals surface area contributed by atoms with Gasteiger partial charge >= 0.3 is 0 Å². The van der Waals surface area contributed by atoms with Gasteiger partial charge in [0.25, 0.3) is 0 Å². The molecule has 4 N–H and O–H groups in total. The second-order valence-electron chi connectivity index (χ2n) is 1.83. The van der Waals surface area contributed by atoms with Gasteiger partial charge in [-0.3, -0.25) is 0 Å². The van der Waals surface area contributed by atoms with Crippen molar-refractivity contribution in [3.05, 3.63) is 16.5 Å². The number of nitrogens with zero attached hydrogens (tertiary/aromatic N) is 2. The number of hydrogen-bond donors (Lipinski definition) is 3. The van der Waals surface area contributed by atoms with Crippen molar-refractivity contribution in [3.8, 4) is 0 Å². The lowest BCUT2D eigenvalue weighted by atomic mass is 10.4. The summed E-state index contributed by atoms with van der Waals surface area (Å²) in [5.74, 6) is 0.183. The SMILES string of the molecule is Nc1ncnc(C(O)O)c1Br. The van der Waals surface area contributed by atoms with Crippen LogP contribution in [0.15, 0.2) is 10.8 Å². The van der Waals surface area contributed by atoms with Gasteiger partial charge in [0.05, 0.1) is 4.47 Å². The lowest BCUT2D eigenvalue weighted by molar-refractivity contribution is -0.0464. The van der Waals surface area contributed by atoms with Crippen LogP contribution in [0.4, 0.5) is 5.82 Å². The Bertz CT molecular complexity index is 266. The predicted octanol–water partition coefficient (Wildman–Crippen LogP) is -0.195. The van der Waals surface area contributed by atoms with E-state index >= 15 is 0 Å². The summed E-state index contributed by atoms with van der Waals surface area (Å²) < 4.78 is 0.315. The molecule has 1 aromatic rings. The lowest BCUT2D eigenvalue weighted by Gasteiger charge is -2.05. The van der Waals surface area contributed by atoms with E-state index < -0.39 is 6.29 Å². The molecule has 0 spiro atoms. The van der Waals surface area contributed by atoms with E-state index in [4.69, 9.17) is 15.9 Å². The highest BCUT2D eigenvalue weighted by molar-refractivity contribution is 9.10. The van der Waals surface area contributed by atoms with Crippen molar-refractivity contribution in [3.63, 3.8) is 0 Å². The molecular formula is C5H6BrN3O2. The molecule has 0 fully saturated rings. The Morgan fingerprint density at radius 3 is 2.55 bits per heavy atom. The van der Waals surface area contributed by atoms with Crippen molar-refractivity contribution < 1.29 is 10.2 Å². The van der Waals surface area contributed by atoms with Gasteiger partial charge in [0, 0.05) is 0 Å². The molecule has 60 valence electrons. The third-order valence-electron chi connectivity index (χ3n) is 1.09. The van der Waals surface area contributed by atoms with E-state index in [1.807, 2.05) is 0 Å². The van der Waals surface area contributed by atoms with E-state index in [1.54, 1.807) is 0 Å². The quantitative estimate of drug-likeness (QED) is 0.570. The van der Waals surface area contributed by atoms with Crippen LogP contribution in [0.2, 0.25) is 0 Å². The molecule has 0 aliphatic heterocycles. The van der Waals surface area contributed by atoms with Crippen molar-refractivity contribution in [2.75, 3.05) is 5.73 Å². The zero-order valence-electron chi connectivity index (χ0n) is 5.40. The fourth-order valence-electron chi connectivity index (χ4n) is 0.578. The zero-order valence-corrected chi connectivity index (χ0v) is 6.98. The maximum Gasteiger partial charge on any atom is 0.197 e. The second kappa shape index (κ2) is 3.12. The molecular weight excluding hydrogens is 214 g/mol. The third kappa shape index (κ3) is 1.65. The van der Waals surface area contributed by atoms with E-state index in [0.29, 0.717) is 4.47 Å². The molecule has 0 aliphatic rings. The fourth-order valence-corrected chi connectivity index (χ4v) is 0.987. The van der Waals surface area contributed by atoms with E-state index in [0.717, 1.165) is 6.33 Å². The molecule has 0 atom stereocenters. The number of hydrogen-bond acceptors (Lipinski definition) is 5. The number of nitrogens with two attached hydrogens (primary N) is 1. The molecule has 11 heavy (non-hydrogen) atoms. The van der Waals surface area contributed by atoms with E-state index in [9.17, 15) is 0 Å². The van der Waals surface area contributed by atoms with E-state index in [-0.39, 0.29) is 11.5 Å². The van der Waals surface area contributed by atoms with Crippen LogP contribution in [0.1, 0.15) is 12.0 Å². The monoisotopic (exact) mass is 219 g/mol. The predicted molar refractivity (Wildman–Crippen MR) is 41.3 cm³/mol. The summed E-state index contributed by atoms with van der Waals surface area (Å²) in [6.07, 6.45) is -0.468. The Morgan fingerprint density at radius 2 is 2.09 bits per heavy atom. The molecule has 1 heterocycles. The second-order valence-corrected chi connectivity index (χ2v) is 2.62. The highest BCUT2D eigenvalue weighted by atomic mass is 79.9. The Hall–Kier alpha value is -0.720. The van der Waals surface area contributed by atoms with Crippen molar-refractivity contribution in [1.29, 1.82) is 0 Å². The Morgan fingerprint density at radius 1 is 1.45 bits per heavy atom. The van der Waals surface area contributed by atoms with Gasteiger partial charge in [-0.05, 0) is 15.9 Å². The number of rotatable bonds is 1. The van der Waals surface area contributed by atoms with Crippen LogP contribution in [0.25, 0.3) is 0 Å². The average molecular weight is 220 g/mol. The first kappa shape index (κ1) is 8.38. The zero-order chi connectivity index (χ0) is 8.43. The normalized spacial score (nSPS) is 10.5. The van der Waals surface area contributed by atoms with Crippen LogP contribution >= 0.6 is 15.9 Å². The standard InChI is InChI=1S/C5H6BrN3O2/c6-2-3(5(10)11)8-1-9-4(2)7/h1,5,10-11H,(H2,7,8,9). The molecule has 5 nitrogen and oxygen atoms in total. The molecule has 0 aliphatic carbocycles. The van der Waals surface area contributed by atoms with Gasteiger partial charge in [-0.2, -0.15) is 0 Å². The first-order valence-corrected chi connectivity index (χ1v) is 3.54. The first-order valence-electron chi connectivity index (χ1n) is 2.75. The molecule has 1 rings (SSSR count). The van der Waals surface area contributed by atoms with Crippen LogP contribution in [-0.4, -0.2) is 20.2 Å². The smallest absolute Gasteiger partial charge is 0.197 e. The maximum absolute atomic E-state index is 8.71. The van der Waals surface area contributed by atoms with Crippen LogP contribution in [0, 0.1) is 0 Å². The summed E-state index contributed by atoms with van der Waals surface area (Å²) >= 11 is 3.01. The topological polar surface area (TPSA) is 92.3 Å². The van der Waals surface area contributed by atoms with Gasteiger partial charge < -0.3 is 15.9 Å². The minimum Gasteiger partial charge on any atom is -0.383 e. The van der Waals surface area contributed by atoms with Gasteiger partial charge in [-0.1, -0.05) is 0 Å². The van der Waals surface area contributed by atoms with Gasteiger partial charge in [0.2, 0.25) is 0 Å². The molecule has 0 amide bonds. The largest absolute Gasteiger partial charge is 0.383 e. The van der Waals surface area contributed by atoms with Gasteiger partial charge in [0.1, 0.15) is 17.8 Å². The average Bonchev–Trinajstić information content (AvgIpc) is 1.94. The summed E-state index contributed by atoms with van der Waals surface area (Å²) in [5, 5.41) is 17.4. The molecule has 0 unspecified atom stereocenters. The van der Waals surface area contributed by atoms with Crippen molar-refractivity contribution >= 4 is 21.7 Å². The highest BCUT2D eigenvalue weighted by Gasteiger charge is 2.11. The van der Waals surface area contributed by atoms with Crippen molar-refractivity contribution in [1.82, 2.24) is 9.97 Å². The van der Waals surface area contributed by atoms with Crippen LogP contribution in [0.3, 0.4) is 0 Å². The summed E-state index contributed by atoms with van der Waals surface area (Å²) in [6.45, 7) is 0. The number of aliphatic hydroxyl groups is 2. The summed E-state index contributed by atoms with van der Waals surface area (Å²) in [4.78, 5) is 7.22. The maximum atomic E-state index is 8.71.